The molecule has 0 fully saturated rings. The van der Waals surface area contributed by atoms with E-state index >= 15 is 8.78 Å². The van der Waals surface area contributed by atoms with E-state index in [9.17, 15) is 13.5 Å². The lowest BCUT2D eigenvalue weighted by Gasteiger charge is -2.28. The van der Waals surface area contributed by atoms with Crippen molar-refractivity contribution in [1.82, 2.24) is 9.55 Å². The summed E-state index contributed by atoms with van der Waals surface area (Å²) < 4.78 is 67.7. The first kappa shape index (κ1) is 33.0. The van der Waals surface area contributed by atoms with Crippen molar-refractivity contribution in [3.05, 3.63) is 99.1 Å². The topological polar surface area (TPSA) is 90.7 Å². The van der Waals surface area contributed by atoms with Crippen LogP contribution in [0.1, 0.15) is 50.3 Å². The SMILES string of the molecule is COCOCc1c(F)cc(-c2ccc(-n3cc(C(C)(C)O)nc3C(C)(C)c3c(Cl)cccc3Cl)c(F)c2)cc1S(C)(=O)=O. The molecule has 1 heterocycles. The Balaban J connectivity index is 1.87. The van der Waals surface area contributed by atoms with Crippen LogP contribution in [0.5, 0.6) is 0 Å². The van der Waals surface area contributed by atoms with Gasteiger partial charge in [-0.15, -0.1) is 0 Å². The van der Waals surface area contributed by atoms with E-state index in [-0.39, 0.29) is 46.4 Å². The summed E-state index contributed by atoms with van der Waals surface area (Å²) in [5, 5.41) is 11.6. The van der Waals surface area contributed by atoms with Gasteiger partial charge in [0.15, 0.2) is 9.84 Å². The van der Waals surface area contributed by atoms with Crippen LogP contribution in [-0.4, -0.2) is 43.2 Å². The lowest BCUT2D eigenvalue weighted by Crippen LogP contribution is -2.25. The lowest BCUT2D eigenvalue weighted by atomic mass is 9.83. The van der Waals surface area contributed by atoms with E-state index < -0.39 is 32.5 Å². The molecule has 0 aliphatic rings. The normalized spacial score (nSPS) is 12.6. The minimum absolute atomic E-state index is 0.0893. The molecule has 0 aliphatic carbocycles. The second-order valence-corrected chi connectivity index (χ2v) is 14.0. The van der Waals surface area contributed by atoms with Crippen LogP contribution in [0, 0.1) is 11.6 Å². The van der Waals surface area contributed by atoms with Crippen molar-refractivity contribution in [1.29, 1.82) is 0 Å². The standard InChI is InChI=1S/C31H32Cl2F2N2O5S/c1-30(2,28-21(32)8-7-9-22(28)33)29-36-27(31(3,4)38)15-37(29)25-11-10-18(12-24(25)35)19-13-23(34)20(16-42-17-41-5)26(14-19)43(6,39)40/h7-15,38H,16-17H2,1-6H3. The van der Waals surface area contributed by atoms with Gasteiger partial charge in [-0.05, 0) is 75.2 Å². The molecule has 7 nitrogen and oxygen atoms in total. The van der Waals surface area contributed by atoms with Crippen molar-refractivity contribution >= 4 is 33.0 Å². The van der Waals surface area contributed by atoms with E-state index in [2.05, 4.69) is 0 Å². The number of imidazole rings is 1. The summed E-state index contributed by atoms with van der Waals surface area (Å²) in [6.45, 7) is 6.34. The van der Waals surface area contributed by atoms with Gasteiger partial charge in [-0.2, -0.15) is 0 Å². The summed E-state index contributed by atoms with van der Waals surface area (Å²) in [5.74, 6) is -1.16. The van der Waals surface area contributed by atoms with Gasteiger partial charge in [-0.1, -0.05) is 35.3 Å². The summed E-state index contributed by atoms with van der Waals surface area (Å²) in [7, 11) is -2.47. The number of halogens is 4. The zero-order valence-corrected chi connectivity index (χ0v) is 26.8. The molecule has 0 saturated carbocycles. The highest BCUT2D eigenvalue weighted by Crippen LogP contribution is 2.42. The van der Waals surface area contributed by atoms with Gasteiger partial charge >= 0.3 is 0 Å². The second-order valence-electron chi connectivity index (χ2n) is 11.2. The van der Waals surface area contributed by atoms with E-state index in [1.807, 2.05) is 13.8 Å². The van der Waals surface area contributed by atoms with Crippen LogP contribution in [0.2, 0.25) is 10.0 Å². The van der Waals surface area contributed by atoms with Gasteiger partial charge in [-0.3, -0.25) is 4.57 Å². The Morgan fingerprint density at radius 1 is 0.977 bits per heavy atom. The number of aliphatic hydroxyl groups is 1. The van der Waals surface area contributed by atoms with E-state index in [1.165, 1.54) is 36.1 Å². The maximum atomic E-state index is 16.0. The molecule has 0 radical (unpaired) electrons. The predicted octanol–water partition coefficient (Wildman–Crippen LogP) is 7.20. The van der Waals surface area contributed by atoms with Crippen LogP contribution in [-0.2, 0) is 36.9 Å². The number of aromatic nitrogens is 2. The van der Waals surface area contributed by atoms with Gasteiger partial charge in [-0.25, -0.2) is 22.2 Å². The van der Waals surface area contributed by atoms with Gasteiger partial charge < -0.3 is 14.6 Å². The Labute approximate surface area is 259 Å². The Bertz CT molecular complexity index is 1760. The number of ether oxygens (including phenoxy) is 2. The van der Waals surface area contributed by atoms with Gasteiger partial charge in [0.05, 0.1) is 28.3 Å². The number of rotatable bonds is 10. The fraction of sp³-hybridized carbons (Fsp3) is 0.323. The average Bonchev–Trinajstić information content (AvgIpc) is 3.35. The molecule has 0 aliphatic heterocycles. The highest BCUT2D eigenvalue weighted by Gasteiger charge is 2.36. The predicted molar refractivity (Wildman–Crippen MR) is 163 cm³/mol. The second kappa shape index (κ2) is 12.3. The van der Waals surface area contributed by atoms with Crippen LogP contribution < -0.4 is 0 Å². The highest BCUT2D eigenvalue weighted by atomic mass is 35.5. The molecule has 4 aromatic rings. The van der Waals surface area contributed by atoms with E-state index in [0.717, 1.165) is 12.3 Å². The van der Waals surface area contributed by atoms with E-state index in [0.29, 0.717) is 21.4 Å². The molecule has 1 aromatic heterocycles. The third-order valence-electron chi connectivity index (χ3n) is 7.02. The van der Waals surface area contributed by atoms with Crippen LogP contribution in [0.25, 0.3) is 16.8 Å². The van der Waals surface area contributed by atoms with Gasteiger partial charge in [0, 0.05) is 40.7 Å². The summed E-state index contributed by atoms with van der Waals surface area (Å²) in [6.07, 6.45) is 2.50. The third-order valence-corrected chi connectivity index (χ3v) is 8.81. The smallest absolute Gasteiger partial charge is 0.176 e. The fourth-order valence-corrected chi connectivity index (χ4v) is 6.68. The number of hydrogen-bond acceptors (Lipinski definition) is 6. The van der Waals surface area contributed by atoms with Crippen LogP contribution in [0.4, 0.5) is 8.78 Å². The molecular weight excluding hydrogens is 621 g/mol. The molecule has 4 rings (SSSR count). The monoisotopic (exact) mass is 652 g/mol. The molecule has 0 atom stereocenters. The first-order valence-corrected chi connectivity index (χ1v) is 15.8. The minimum atomic E-state index is -3.86. The van der Waals surface area contributed by atoms with Crippen LogP contribution in [0.15, 0.2) is 59.6 Å². The van der Waals surface area contributed by atoms with E-state index in [1.54, 1.807) is 38.1 Å². The summed E-state index contributed by atoms with van der Waals surface area (Å²) in [5.41, 5.74) is -1.11. The molecule has 12 heteroatoms. The summed E-state index contributed by atoms with van der Waals surface area (Å²) in [6, 6.07) is 11.7. The molecule has 0 unspecified atom stereocenters. The fourth-order valence-electron chi connectivity index (χ4n) is 4.86. The highest BCUT2D eigenvalue weighted by molar-refractivity contribution is 7.90. The maximum Gasteiger partial charge on any atom is 0.176 e. The maximum absolute atomic E-state index is 16.0. The lowest BCUT2D eigenvalue weighted by molar-refractivity contribution is -0.0405. The molecule has 230 valence electrons. The Morgan fingerprint density at radius 2 is 1.60 bits per heavy atom. The number of hydrogen-bond donors (Lipinski definition) is 1. The molecular formula is C31H32Cl2F2N2O5S. The molecule has 3 aromatic carbocycles. The van der Waals surface area contributed by atoms with Gasteiger partial charge in [0.1, 0.15) is 29.9 Å². The molecule has 0 bridgehead atoms. The number of methoxy groups -OCH3 is 1. The number of nitrogens with zero attached hydrogens (tertiary/aromatic N) is 2. The largest absolute Gasteiger partial charge is 0.384 e. The summed E-state index contributed by atoms with van der Waals surface area (Å²) >= 11 is 13.1. The van der Waals surface area contributed by atoms with Crippen molar-refractivity contribution in [3.63, 3.8) is 0 Å². The zero-order chi connectivity index (χ0) is 31.9. The van der Waals surface area contributed by atoms with E-state index in [4.69, 9.17) is 37.7 Å². The zero-order valence-electron chi connectivity index (χ0n) is 24.5. The van der Waals surface area contributed by atoms with Crippen molar-refractivity contribution < 1.29 is 31.8 Å². The Morgan fingerprint density at radius 3 is 2.16 bits per heavy atom. The molecule has 0 spiro atoms. The first-order chi connectivity index (χ1) is 20.0. The number of sulfone groups is 1. The van der Waals surface area contributed by atoms with Crippen LogP contribution in [0.3, 0.4) is 0 Å². The van der Waals surface area contributed by atoms with Crippen molar-refractivity contribution in [3.8, 4) is 16.8 Å². The number of benzene rings is 3. The molecule has 0 amide bonds. The van der Waals surface area contributed by atoms with Crippen molar-refractivity contribution in [2.24, 2.45) is 0 Å². The van der Waals surface area contributed by atoms with Crippen LogP contribution >= 0.6 is 23.2 Å². The molecule has 43 heavy (non-hydrogen) atoms. The molecule has 0 saturated heterocycles. The summed E-state index contributed by atoms with van der Waals surface area (Å²) in [4.78, 5) is 4.42. The molecule has 1 N–H and O–H groups in total. The van der Waals surface area contributed by atoms with Gasteiger partial charge in [0.25, 0.3) is 0 Å². The minimum Gasteiger partial charge on any atom is -0.384 e. The quantitative estimate of drug-likeness (QED) is 0.144. The third kappa shape index (κ3) is 6.79. The van der Waals surface area contributed by atoms with Gasteiger partial charge in [0.2, 0.25) is 0 Å². The Kier molecular flexibility index (Phi) is 9.42. The average molecular weight is 654 g/mol. The first-order valence-electron chi connectivity index (χ1n) is 13.1. The van der Waals surface area contributed by atoms with Crippen molar-refractivity contribution in [2.75, 3.05) is 20.2 Å². The Hall–Kier alpha value is -2.86. The van der Waals surface area contributed by atoms with Crippen molar-refractivity contribution in [2.45, 2.75) is 50.2 Å².